The van der Waals surface area contributed by atoms with Gasteiger partial charge in [0.1, 0.15) is 12.4 Å². The van der Waals surface area contributed by atoms with E-state index in [-0.39, 0.29) is 0 Å². The molecule has 0 aliphatic heterocycles. The molecule has 0 fully saturated rings. The molecule has 0 saturated carbocycles. The number of halogens is 1. The van der Waals surface area contributed by atoms with Crippen LogP contribution in [0.3, 0.4) is 0 Å². The first-order chi connectivity index (χ1) is 6.86. The number of hydrogen-bond donors (Lipinski definition) is 0. The van der Waals surface area contributed by atoms with E-state index in [9.17, 15) is 0 Å². The maximum Gasteiger partial charge on any atom is 0.139 e. The van der Waals surface area contributed by atoms with E-state index in [1.807, 2.05) is 6.07 Å². The van der Waals surface area contributed by atoms with E-state index in [1.54, 1.807) is 30.7 Å². The van der Waals surface area contributed by atoms with E-state index >= 15 is 0 Å². The van der Waals surface area contributed by atoms with Gasteiger partial charge in [-0.1, -0.05) is 17.7 Å². The topological polar surface area (TPSA) is 22.4 Å². The summed E-state index contributed by atoms with van der Waals surface area (Å²) in [5, 5.41) is 0.590. The predicted molar refractivity (Wildman–Crippen MR) is 53.3 cm³/mol. The van der Waals surface area contributed by atoms with Crippen molar-refractivity contribution in [3.05, 3.63) is 53.4 Å². The number of rotatable bonds is 3. The van der Waals surface area contributed by atoms with Gasteiger partial charge in [-0.3, -0.25) is 0 Å². The average molecular weight is 208 g/mol. The molecule has 2 nitrogen and oxygen atoms in total. The first-order valence-corrected chi connectivity index (χ1v) is 4.53. The highest BCUT2D eigenvalue weighted by molar-refractivity contribution is 6.32. The van der Waals surface area contributed by atoms with Crippen molar-refractivity contribution in [2.24, 2.45) is 0 Å². The Morgan fingerprint density at radius 3 is 3.07 bits per heavy atom. The number of hydrogen-bond acceptors (Lipinski definition) is 2. The van der Waals surface area contributed by atoms with E-state index in [4.69, 9.17) is 20.8 Å². The lowest BCUT2D eigenvalue weighted by Gasteiger charge is -2.05. The van der Waals surface area contributed by atoms with Crippen molar-refractivity contribution in [2.45, 2.75) is 6.61 Å². The molecule has 0 amide bonds. The van der Waals surface area contributed by atoms with Crippen molar-refractivity contribution in [3.8, 4) is 5.75 Å². The highest BCUT2D eigenvalue weighted by Gasteiger charge is 2.00. The summed E-state index contributed by atoms with van der Waals surface area (Å²) in [6.45, 7) is 0.452. The van der Waals surface area contributed by atoms with E-state index < -0.39 is 0 Å². The summed E-state index contributed by atoms with van der Waals surface area (Å²) in [6, 6.07) is 9.94. The Balaban J connectivity index is 2.02. The van der Waals surface area contributed by atoms with Gasteiger partial charge < -0.3 is 9.15 Å². The summed E-state index contributed by atoms with van der Waals surface area (Å²) in [5.41, 5.74) is 0.977. The fraction of sp³-hybridized carbons (Fsp3) is 0.0909. The molecule has 0 spiro atoms. The van der Waals surface area contributed by atoms with Crippen molar-refractivity contribution >= 4 is 11.6 Å². The van der Waals surface area contributed by atoms with Crippen molar-refractivity contribution in [2.75, 3.05) is 0 Å². The molecular weight excluding hydrogens is 200 g/mol. The maximum absolute atomic E-state index is 5.90. The fourth-order valence-electron chi connectivity index (χ4n) is 1.04. The van der Waals surface area contributed by atoms with Gasteiger partial charge in [-0.2, -0.15) is 0 Å². The standard InChI is InChI=1S/C11H8ClO2/c12-10-3-1-2-4-11(10)14-8-9-5-6-13-7-9/h1,3-7H,8H2. The van der Waals surface area contributed by atoms with Crippen LogP contribution in [0, 0.1) is 6.07 Å². The molecule has 0 N–H and O–H groups in total. The lowest BCUT2D eigenvalue weighted by atomic mass is 10.3. The monoisotopic (exact) mass is 207 g/mol. The SMILES string of the molecule is Clc1cc[c]cc1OCc1ccoc1. The minimum Gasteiger partial charge on any atom is -0.487 e. The smallest absolute Gasteiger partial charge is 0.139 e. The van der Waals surface area contributed by atoms with Crippen LogP contribution >= 0.6 is 11.6 Å². The van der Waals surface area contributed by atoms with E-state index in [0.717, 1.165) is 5.56 Å². The zero-order chi connectivity index (χ0) is 9.80. The third kappa shape index (κ3) is 2.09. The average Bonchev–Trinajstić information content (AvgIpc) is 2.69. The normalized spacial score (nSPS) is 10.1. The van der Waals surface area contributed by atoms with Crippen LogP contribution in [0.5, 0.6) is 5.75 Å². The second-order valence-corrected chi connectivity index (χ2v) is 3.18. The van der Waals surface area contributed by atoms with Gasteiger partial charge in [0.25, 0.3) is 0 Å². The van der Waals surface area contributed by atoms with Crippen LogP contribution < -0.4 is 4.74 Å². The summed E-state index contributed by atoms with van der Waals surface area (Å²) in [6.07, 6.45) is 3.25. The summed E-state index contributed by atoms with van der Waals surface area (Å²) in [7, 11) is 0. The second kappa shape index (κ2) is 4.20. The van der Waals surface area contributed by atoms with Gasteiger partial charge in [0.15, 0.2) is 0 Å². The predicted octanol–water partition coefficient (Wildman–Crippen LogP) is 3.31. The van der Waals surface area contributed by atoms with Crippen molar-refractivity contribution in [1.82, 2.24) is 0 Å². The highest BCUT2D eigenvalue weighted by atomic mass is 35.5. The molecule has 0 atom stereocenters. The molecule has 1 heterocycles. The Morgan fingerprint density at radius 2 is 2.36 bits per heavy atom. The molecule has 0 saturated heterocycles. The number of benzene rings is 1. The third-order valence-electron chi connectivity index (χ3n) is 1.75. The Kier molecular flexibility index (Phi) is 2.75. The van der Waals surface area contributed by atoms with Crippen LogP contribution in [-0.4, -0.2) is 0 Å². The second-order valence-electron chi connectivity index (χ2n) is 2.78. The van der Waals surface area contributed by atoms with Gasteiger partial charge in [-0.05, 0) is 24.3 Å². The fourth-order valence-corrected chi connectivity index (χ4v) is 1.21. The quantitative estimate of drug-likeness (QED) is 0.771. The molecule has 14 heavy (non-hydrogen) atoms. The molecule has 1 aromatic carbocycles. The molecule has 0 unspecified atom stereocenters. The summed E-state index contributed by atoms with van der Waals surface area (Å²) in [4.78, 5) is 0. The van der Waals surface area contributed by atoms with E-state index in [1.165, 1.54) is 0 Å². The van der Waals surface area contributed by atoms with Gasteiger partial charge in [0.05, 0.1) is 17.5 Å². The summed E-state index contributed by atoms with van der Waals surface area (Å²) in [5.74, 6) is 0.635. The minimum absolute atomic E-state index is 0.452. The Morgan fingerprint density at radius 1 is 1.43 bits per heavy atom. The maximum atomic E-state index is 5.90. The van der Waals surface area contributed by atoms with Gasteiger partial charge in [0.2, 0.25) is 0 Å². The lowest BCUT2D eigenvalue weighted by molar-refractivity contribution is 0.305. The molecule has 1 radical (unpaired) electrons. The van der Waals surface area contributed by atoms with Gasteiger partial charge >= 0.3 is 0 Å². The molecular formula is C11H8ClO2. The molecule has 2 aromatic rings. The highest BCUT2D eigenvalue weighted by Crippen LogP contribution is 2.23. The van der Waals surface area contributed by atoms with Crippen molar-refractivity contribution in [3.63, 3.8) is 0 Å². The molecule has 0 bridgehead atoms. The number of ether oxygens (including phenoxy) is 1. The molecule has 71 valence electrons. The molecule has 1 aromatic heterocycles. The van der Waals surface area contributed by atoms with Crippen LogP contribution in [0.25, 0.3) is 0 Å². The van der Waals surface area contributed by atoms with Crippen LogP contribution in [0.4, 0.5) is 0 Å². The summed E-state index contributed by atoms with van der Waals surface area (Å²) < 4.78 is 10.4. The third-order valence-corrected chi connectivity index (χ3v) is 2.06. The molecule has 0 aliphatic rings. The zero-order valence-corrected chi connectivity index (χ0v) is 8.12. The lowest BCUT2D eigenvalue weighted by Crippen LogP contribution is -1.93. The van der Waals surface area contributed by atoms with Crippen LogP contribution in [0.15, 0.2) is 41.2 Å². The van der Waals surface area contributed by atoms with E-state index in [2.05, 4.69) is 6.07 Å². The molecule has 2 rings (SSSR count). The van der Waals surface area contributed by atoms with Crippen LogP contribution in [0.2, 0.25) is 5.02 Å². The van der Waals surface area contributed by atoms with Crippen LogP contribution in [-0.2, 0) is 6.61 Å². The first kappa shape index (κ1) is 9.16. The minimum atomic E-state index is 0.452. The van der Waals surface area contributed by atoms with Gasteiger partial charge in [-0.15, -0.1) is 0 Å². The molecule has 0 aliphatic carbocycles. The van der Waals surface area contributed by atoms with Gasteiger partial charge in [-0.25, -0.2) is 0 Å². The van der Waals surface area contributed by atoms with Crippen LogP contribution in [0.1, 0.15) is 5.56 Å². The first-order valence-electron chi connectivity index (χ1n) is 4.16. The van der Waals surface area contributed by atoms with Crippen molar-refractivity contribution in [1.29, 1.82) is 0 Å². The van der Waals surface area contributed by atoms with Crippen molar-refractivity contribution < 1.29 is 9.15 Å². The Hall–Kier alpha value is -1.41. The molecule has 3 heteroatoms. The summed E-state index contributed by atoms with van der Waals surface area (Å²) >= 11 is 5.90. The largest absolute Gasteiger partial charge is 0.487 e. The number of furan rings is 1. The Labute approximate surface area is 87.1 Å². The zero-order valence-electron chi connectivity index (χ0n) is 7.37. The van der Waals surface area contributed by atoms with Gasteiger partial charge in [0, 0.05) is 5.56 Å². The van der Waals surface area contributed by atoms with E-state index in [0.29, 0.717) is 17.4 Å². The Bertz CT molecular complexity index is 395.